The number of anilines is 1. The Balaban J connectivity index is 1.89. The van der Waals surface area contributed by atoms with Gasteiger partial charge in [-0.15, -0.1) is 0 Å². The maximum absolute atomic E-state index is 11.9. The van der Waals surface area contributed by atoms with Crippen LogP contribution in [0, 0.1) is 0 Å². The number of fused-ring (bicyclic) bond motifs is 1. The molecule has 3 rings (SSSR count). The number of phenolic OH excluding ortho intramolecular Hbond substituents is 1. The topological polar surface area (TPSA) is 49.3 Å². The van der Waals surface area contributed by atoms with Crippen molar-refractivity contribution in [1.82, 2.24) is 0 Å². The van der Waals surface area contributed by atoms with Gasteiger partial charge >= 0.3 is 0 Å². The normalized spacial score (nSPS) is 10.5. The number of rotatable bonds is 2. The fourth-order valence-corrected chi connectivity index (χ4v) is 2.54. The van der Waals surface area contributed by atoms with Gasteiger partial charge in [0.2, 0.25) is 0 Å². The van der Waals surface area contributed by atoms with E-state index in [0.29, 0.717) is 5.56 Å². The molecular formula is C15H11NO2S. The molecule has 94 valence electrons. The third kappa shape index (κ3) is 2.44. The second-order valence-electron chi connectivity index (χ2n) is 4.21. The maximum atomic E-state index is 11.9. The number of hydrogen-bond acceptors (Lipinski definition) is 3. The summed E-state index contributed by atoms with van der Waals surface area (Å²) in [7, 11) is 0. The molecule has 1 amide bonds. The number of phenols is 1. The van der Waals surface area contributed by atoms with Crippen molar-refractivity contribution in [2.24, 2.45) is 0 Å². The van der Waals surface area contributed by atoms with Crippen LogP contribution in [0.5, 0.6) is 5.75 Å². The second kappa shape index (κ2) is 4.74. The van der Waals surface area contributed by atoms with Crippen LogP contribution in [0.4, 0.5) is 5.69 Å². The summed E-state index contributed by atoms with van der Waals surface area (Å²) in [5, 5.41) is 17.9. The van der Waals surface area contributed by atoms with Crippen LogP contribution in [-0.4, -0.2) is 11.0 Å². The molecule has 0 radical (unpaired) electrons. The minimum atomic E-state index is -0.112. The van der Waals surface area contributed by atoms with Gasteiger partial charge in [0.05, 0.1) is 5.56 Å². The number of hydrogen-bond donors (Lipinski definition) is 2. The summed E-state index contributed by atoms with van der Waals surface area (Å²) < 4.78 is 0. The van der Waals surface area contributed by atoms with Gasteiger partial charge in [0.1, 0.15) is 5.75 Å². The number of amides is 1. The van der Waals surface area contributed by atoms with Crippen molar-refractivity contribution in [3.63, 3.8) is 0 Å². The standard InChI is InChI=1S/C15H11NO2S/c17-14-4-2-10-7-13(3-1-11(10)8-14)16-15(18)12-5-6-19-9-12/h1-9,17H,(H,16,18). The number of carbonyl (C=O) groups excluding carboxylic acids is 1. The van der Waals surface area contributed by atoms with E-state index in [1.807, 2.05) is 35.0 Å². The first-order valence-corrected chi connectivity index (χ1v) is 6.73. The van der Waals surface area contributed by atoms with E-state index in [1.165, 1.54) is 11.3 Å². The first-order chi connectivity index (χ1) is 9.22. The van der Waals surface area contributed by atoms with Gasteiger partial charge in [-0.05, 0) is 46.5 Å². The number of aromatic hydroxyl groups is 1. The zero-order chi connectivity index (χ0) is 13.2. The molecule has 0 aliphatic heterocycles. The van der Waals surface area contributed by atoms with Gasteiger partial charge in [-0.25, -0.2) is 0 Å². The van der Waals surface area contributed by atoms with Crippen LogP contribution in [0.25, 0.3) is 10.8 Å². The average molecular weight is 269 g/mol. The highest BCUT2D eigenvalue weighted by atomic mass is 32.1. The molecular weight excluding hydrogens is 258 g/mol. The van der Waals surface area contributed by atoms with Crippen LogP contribution in [-0.2, 0) is 0 Å². The molecule has 3 aromatic rings. The molecule has 0 atom stereocenters. The molecule has 1 aromatic heterocycles. The smallest absolute Gasteiger partial charge is 0.256 e. The Kier molecular flexibility index (Phi) is 2.93. The lowest BCUT2D eigenvalue weighted by atomic mass is 10.1. The van der Waals surface area contributed by atoms with Crippen molar-refractivity contribution < 1.29 is 9.90 Å². The first kappa shape index (κ1) is 11.7. The molecule has 0 saturated carbocycles. The number of benzene rings is 2. The Morgan fingerprint density at radius 2 is 1.84 bits per heavy atom. The van der Waals surface area contributed by atoms with E-state index in [1.54, 1.807) is 18.2 Å². The molecule has 2 aromatic carbocycles. The molecule has 0 aliphatic rings. The third-order valence-electron chi connectivity index (χ3n) is 2.87. The van der Waals surface area contributed by atoms with E-state index in [0.717, 1.165) is 16.5 Å². The summed E-state index contributed by atoms with van der Waals surface area (Å²) in [4.78, 5) is 11.9. The molecule has 0 unspecified atom stereocenters. The fraction of sp³-hybridized carbons (Fsp3) is 0. The number of nitrogens with one attached hydrogen (secondary N) is 1. The first-order valence-electron chi connectivity index (χ1n) is 5.79. The number of carbonyl (C=O) groups is 1. The molecule has 0 saturated heterocycles. The molecule has 0 fully saturated rings. The van der Waals surface area contributed by atoms with Crippen LogP contribution < -0.4 is 5.32 Å². The summed E-state index contributed by atoms with van der Waals surface area (Å²) in [6.07, 6.45) is 0. The molecule has 2 N–H and O–H groups in total. The minimum absolute atomic E-state index is 0.112. The minimum Gasteiger partial charge on any atom is -0.508 e. The largest absolute Gasteiger partial charge is 0.508 e. The van der Waals surface area contributed by atoms with Crippen LogP contribution in [0.3, 0.4) is 0 Å². The van der Waals surface area contributed by atoms with Crippen LogP contribution in [0.2, 0.25) is 0 Å². The van der Waals surface area contributed by atoms with E-state index in [4.69, 9.17) is 0 Å². The summed E-state index contributed by atoms with van der Waals surface area (Å²) >= 11 is 1.49. The lowest BCUT2D eigenvalue weighted by Crippen LogP contribution is -2.10. The van der Waals surface area contributed by atoms with E-state index in [9.17, 15) is 9.90 Å². The quantitative estimate of drug-likeness (QED) is 0.742. The van der Waals surface area contributed by atoms with Crippen molar-refractivity contribution >= 4 is 33.7 Å². The lowest BCUT2D eigenvalue weighted by Gasteiger charge is -2.06. The van der Waals surface area contributed by atoms with Gasteiger partial charge < -0.3 is 10.4 Å². The van der Waals surface area contributed by atoms with Crippen LogP contribution in [0.15, 0.2) is 53.2 Å². The zero-order valence-electron chi connectivity index (χ0n) is 9.96. The highest BCUT2D eigenvalue weighted by molar-refractivity contribution is 7.08. The van der Waals surface area contributed by atoms with Crippen molar-refractivity contribution in [3.05, 3.63) is 58.8 Å². The Morgan fingerprint density at radius 1 is 1.05 bits per heavy atom. The van der Waals surface area contributed by atoms with Crippen molar-refractivity contribution in [1.29, 1.82) is 0 Å². The van der Waals surface area contributed by atoms with E-state index in [2.05, 4.69) is 5.32 Å². The molecule has 4 heteroatoms. The molecule has 19 heavy (non-hydrogen) atoms. The van der Waals surface area contributed by atoms with Gasteiger partial charge in [-0.3, -0.25) is 4.79 Å². The van der Waals surface area contributed by atoms with Gasteiger partial charge in [-0.1, -0.05) is 12.1 Å². The van der Waals surface area contributed by atoms with E-state index in [-0.39, 0.29) is 11.7 Å². The van der Waals surface area contributed by atoms with Crippen molar-refractivity contribution in [3.8, 4) is 5.75 Å². The predicted octanol–water partition coefficient (Wildman–Crippen LogP) is 3.86. The van der Waals surface area contributed by atoms with Crippen LogP contribution >= 0.6 is 11.3 Å². The molecule has 0 spiro atoms. The Bertz CT molecular complexity index is 735. The van der Waals surface area contributed by atoms with Crippen molar-refractivity contribution in [2.45, 2.75) is 0 Å². The summed E-state index contributed by atoms with van der Waals surface area (Å²) in [6, 6.07) is 12.5. The van der Waals surface area contributed by atoms with E-state index >= 15 is 0 Å². The monoisotopic (exact) mass is 269 g/mol. The van der Waals surface area contributed by atoms with Gasteiger partial charge in [0.15, 0.2) is 0 Å². The van der Waals surface area contributed by atoms with Crippen molar-refractivity contribution in [2.75, 3.05) is 5.32 Å². The summed E-state index contributed by atoms with van der Waals surface area (Å²) in [5.41, 5.74) is 1.41. The molecule has 3 nitrogen and oxygen atoms in total. The predicted molar refractivity (Wildman–Crippen MR) is 77.9 cm³/mol. The highest BCUT2D eigenvalue weighted by Gasteiger charge is 2.06. The molecule has 0 aliphatic carbocycles. The second-order valence-corrected chi connectivity index (χ2v) is 4.99. The fourth-order valence-electron chi connectivity index (χ4n) is 1.91. The van der Waals surface area contributed by atoms with Crippen LogP contribution in [0.1, 0.15) is 10.4 Å². The zero-order valence-corrected chi connectivity index (χ0v) is 10.8. The molecule has 0 bridgehead atoms. The summed E-state index contributed by atoms with van der Waals surface area (Å²) in [5.74, 6) is 0.127. The van der Waals surface area contributed by atoms with E-state index < -0.39 is 0 Å². The van der Waals surface area contributed by atoms with Gasteiger partial charge in [-0.2, -0.15) is 11.3 Å². The Hall–Kier alpha value is -2.33. The van der Waals surface area contributed by atoms with Gasteiger partial charge in [0, 0.05) is 11.1 Å². The Morgan fingerprint density at radius 3 is 2.63 bits per heavy atom. The number of thiophene rings is 1. The molecule has 1 heterocycles. The highest BCUT2D eigenvalue weighted by Crippen LogP contribution is 2.23. The summed E-state index contributed by atoms with van der Waals surface area (Å²) in [6.45, 7) is 0. The third-order valence-corrected chi connectivity index (χ3v) is 3.55. The lowest BCUT2D eigenvalue weighted by molar-refractivity contribution is 0.102. The maximum Gasteiger partial charge on any atom is 0.256 e. The van der Waals surface area contributed by atoms with Gasteiger partial charge in [0.25, 0.3) is 5.91 Å². The SMILES string of the molecule is O=C(Nc1ccc2cc(O)ccc2c1)c1ccsc1. The Labute approximate surface area is 114 Å². The average Bonchev–Trinajstić information content (AvgIpc) is 2.93.